The molecule has 1 aromatic heterocycles. The van der Waals surface area contributed by atoms with Gasteiger partial charge in [-0.25, -0.2) is 8.78 Å². The first kappa shape index (κ1) is 21.2. The number of amides is 1. The second-order valence-electron chi connectivity index (χ2n) is 6.99. The predicted octanol–water partition coefficient (Wildman–Crippen LogP) is 5.15. The maximum absolute atomic E-state index is 14.7. The van der Waals surface area contributed by atoms with E-state index in [1.54, 1.807) is 24.3 Å². The van der Waals surface area contributed by atoms with Gasteiger partial charge in [0, 0.05) is 29.9 Å². The maximum atomic E-state index is 14.7. The summed E-state index contributed by atoms with van der Waals surface area (Å²) >= 11 is 1.45. The average molecular weight is 442 g/mol. The minimum atomic E-state index is -1.19. The number of para-hydroxylation sites is 1. The molecule has 0 bridgehead atoms. The molecule has 1 aliphatic heterocycles. The quantitative estimate of drug-likeness (QED) is 0.402. The van der Waals surface area contributed by atoms with Crippen LogP contribution in [-0.2, 0) is 4.79 Å². The fourth-order valence-electron chi connectivity index (χ4n) is 3.33. The highest BCUT2D eigenvalue weighted by molar-refractivity contribution is 7.99. The molecule has 1 amide bonds. The number of unbranched alkanes of at least 4 members (excludes halogenated alkanes) is 1. The molecule has 4 rings (SSSR count). The van der Waals surface area contributed by atoms with E-state index in [0.29, 0.717) is 22.1 Å². The summed E-state index contributed by atoms with van der Waals surface area (Å²) in [6, 6.07) is 10.2. The van der Waals surface area contributed by atoms with E-state index in [1.807, 2.05) is 0 Å². The molecule has 0 N–H and O–H groups in total. The fourth-order valence-corrected chi connectivity index (χ4v) is 4.19. The Kier molecular flexibility index (Phi) is 6.13. The zero-order valence-corrected chi connectivity index (χ0v) is 17.8. The predicted molar refractivity (Wildman–Crippen MR) is 114 cm³/mol. The van der Waals surface area contributed by atoms with Crippen LogP contribution >= 0.6 is 11.8 Å². The van der Waals surface area contributed by atoms with Gasteiger partial charge in [0.1, 0.15) is 11.6 Å². The van der Waals surface area contributed by atoms with Gasteiger partial charge in [-0.1, -0.05) is 43.3 Å². The number of rotatable bonds is 5. The molecule has 2 heterocycles. The van der Waals surface area contributed by atoms with Crippen LogP contribution in [0.2, 0.25) is 0 Å². The van der Waals surface area contributed by atoms with Gasteiger partial charge in [0.25, 0.3) is 0 Å². The van der Waals surface area contributed by atoms with Crippen molar-refractivity contribution in [1.29, 1.82) is 0 Å². The molecule has 6 nitrogen and oxygen atoms in total. The van der Waals surface area contributed by atoms with Crippen LogP contribution < -0.4 is 9.64 Å². The zero-order chi connectivity index (χ0) is 22.0. The Balaban J connectivity index is 1.87. The molecule has 9 heteroatoms. The number of ether oxygens (including phenoxy) is 1. The monoisotopic (exact) mass is 442 g/mol. The number of hydrogen-bond donors (Lipinski definition) is 0. The maximum Gasteiger partial charge on any atom is 0.247 e. The molecule has 0 fully saturated rings. The van der Waals surface area contributed by atoms with Crippen LogP contribution in [0.3, 0.4) is 0 Å². The van der Waals surface area contributed by atoms with Crippen molar-refractivity contribution in [3.05, 3.63) is 59.7 Å². The Morgan fingerprint density at radius 2 is 2.00 bits per heavy atom. The molecule has 0 spiro atoms. The molecular formula is C22H20F2N4O2S. The van der Waals surface area contributed by atoms with Crippen molar-refractivity contribution in [2.75, 3.05) is 10.7 Å². The highest BCUT2D eigenvalue weighted by Crippen LogP contribution is 2.43. The lowest BCUT2D eigenvalue weighted by Gasteiger charge is -2.30. The van der Waals surface area contributed by atoms with Gasteiger partial charge in [-0.2, -0.15) is 4.98 Å². The molecule has 0 aliphatic carbocycles. The number of carbonyl (C=O) groups is 1. The van der Waals surface area contributed by atoms with Crippen LogP contribution in [0.15, 0.2) is 47.6 Å². The molecule has 1 aliphatic rings. The third-order valence-corrected chi connectivity index (χ3v) is 5.73. The van der Waals surface area contributed by atoms with E-state index < -0.39 is 17.9 Å². The second-order valence-corrected chi connectivity index (χ2v) is 8.05. The number of nitrogens with zero attached hydrogens (tertiary/aromatic N) is 4. The summed E-state index contributed by atoms with van der Waals surface area (Å²) in [6.07, 6.45) is 0.844. The van der Waals surface area contributed by atoms with Crippen LogP contribution in [0.5, 0.6) is 5.88 Å². The second kappa shape index (κ2) is 8.97. The molecule has 2 aromatic carbocycles. The van der Waals surface area contributed by atoms with Crippen molar-refractivity contribution in [2.45, 2.75) is 38.1 Å². The van der Waals surface area contributed by atoms with Gasteiger partial charge in [-0.3, -0.25) is 9.69 Å². The van der Waals surface area contributed by atoms with Crippen LogP contribution in [0.4, 0.5) is 14.5 Å². The molecule has 3 aromatic rings. The minimum absolute atomic E-state index is 0.0121. The summed E-state index contributed by atoms with van der Waals surface area (Å²) in [6.45, 7) is 3.45. The number of fused-ring (bicyclic) bond motifs is 3. The molecule has 0 saturated carbocycles. The van der Waals surface area contributed by atoms with E-state index in [9.17, 15) is 13.6 Å². The van der Waals surface area contributed by atoms with Crippen LogP contribution in [0.1, 0.15) is 38.5 Å². The zero-order valence-electron chi connectivity index (χ0n) is 17.0. The highest BCUT2D eigenvalue weighted by Gasteiger charge is 2.36. The third kappa shape index (κ3) is 4.23. The summed E-state index contributed by atoms with van der Waals surface area (Å²) < 4.78 is 34.3. The lowest BCUT2D eigenvalue weighted by molar-refractivity contribution is -0.118. The average Bonchev–Trinajstić information content (AvgIpc) is 2.88. The number of anilines is 1. The third-order valence-electron chi connectivity index (χ3n) is 4.81. The molecule has 1 atom stereocenters. The van der Waals surface area contributed by atoms with Crippen LogP contribution in [0.25, 0.3) is 11.3 Å². The van der Waals surface area contributed by atoms with Crippen molar-refractivity contribution >= 4 is 23.4 Å². The first-order chi connectivity index (χ1) is 15.0. The van der Waals surface area contributed by atoms with Gasteiger partial charge in [0.2, 0.25) is 23.2 Å². The topological polar surface area (TPSA) is 68.2 Å². The summed E-state index contributed by atoms with van der Waals surface area (Å²) in [5.74, 6) is -0.956. The van der Waals surface area contributed by atoms with E-state index in [2.05, 4.69) is 22.1 Å². The molecular weight excluding hydrogens is 422 g/mol. The van der Waals surface area contributed by atoms with Crippen LogP contribution in [0, 0.1) is 11.6 Å². The van der Waals surface area contributed by atoms with Gasteiger partial charge in [-0.15, -0.1) is 10.2 Å². The first-order valence-electron chi connectivity index (χ1n) is 9.88. The van der Waals surface area contributed by atoms with Crippen molar-refractivity contribution in [3.63, 3.8) is 0 Å². The lowest BCUT2D eigenvalue weighted by Crippen LogP contribution is -2.36. The standard InChI is InChI=1S/C22H20F2N4O2S/c1-3-4-11-31-22-25-20-19(26-27-22)16-7-5-6-8-18(16)28(13(2)29)21(30-20)15-10-9-14(23)12-17(15)24/h5-10,12,21H,3-4,11H2,1-2H3/t21-/m1/s1. The first-order valence-corrected chi connectivity index (χ1v) is 10.9. The largest absolute Gasteiger partial charge is 0.447 e. The Bertz CT molecular complexity index is 1130. The van der Waals surface area contributed by atoms with E-state index in [-0.39, 0.29) is 17.4 Å². The lowest BCUT2D eigenvalue weighted by atomic mass is 10.1. The smallest absolute Gasteiger partial charge is 0.247 e. The summed E-state index contributed by atoms with van der Waals surface area (Å²) in [4.78, 5) is 18.5. The molecule has 0 saturated heterocycles. The van der Waals surface area contributed by atoms with Gasteiger partial charge in [0.15, 0.2) is 5.69 Å². The Morgan fingerprint density at radius 1 is 1.19 bits per heavy atom. The van der Waals surface area contributed by atoms with E-state index in [1.165, 1.54) is 29.7 Å². The summed E-state index contributed by atoms with van der Waals surface area (Å²) in [5.41, 5.74) is 1.43. The summed E-state index contributed by atoms with van der Waals surface area (Å²) in [5, 5.41) is 8.93. The van der Waals surface area contributed by atoms with Gasteiger partial charge in [0.05, 0.1) is 5.69 Å². The number of hydrogen-bond acceptors (Lipinski definition) is 6. The number of halogens is 2. The van der Waals surface area contributed by atoms with Crippen molar-refractivity contribution in [3.8, 4) is 17.1 Å². The van der Waals surface area contributed by atoms with Crippen molar-refractivity contribution in [2.24, 2.45) is 0 Å². The van der Waals surface area contributed by atoms with E-state index in [4.69, 9.17) is 4.74 Å². The van der Waals surface area contributed by atoms with Crippen LogP contribution in [-0.4, -0.2) is 26.8 Å². The number of aromatic nitrogens is 3. The van der Waals surface area contributed by atoms with Gasteiger partial charge < -0.3 is 4.74 Å². The van der Waals surface area contributed by atoms with Crippen molar-refractivity contribution < 1.29 is 18.3 Å². The Hall–Kier alpha value is -3.07. The molecule has 0 unspecified atom stereocenters. The molecule has 0 radical (unpaired) electrons. The molecule has 31 heavy (non-hydrogen) atoms. The SMILES string of the molecule is CCCCSc1nnc2c(n1)O[C@H](c1ccc(F)cc1F)N(C(C)=O)c1ccccc1-2. The van der Waals surface area contributed by atoms with Gasteiger partial charge in [-0.05, 0) is 24.6 Å². The van der Waals surface area contributed by atoms with Crippen molar-refractivity contribution in [1.82, 2.24) is 15.2 Å². The number of benzene rings is 2. The Morgan fingerprint density at radius 3 is 2.74 bits per heavy atom. The Labute approximate surface area is 182 Å². The number of carbonyl (C=O) groups excluding carboxylic acids is 1. The fraction of sp³-hybridized carbons (Fsp3) is 0.273. The summed E-state index contributed by atoms with van der Waals surface area (Å²) in [7, 11) is 0. The number of thioether (sulfide) groups is 1. The molecule has 160 valence electrons. The van der Waals surface area contributed by atoms with E-state index in [0.717, 1.165) is 30.7 Å². The highest BCUT2D eigenvalue weighted by atomic mass is 32.2. The normalized spacial score (nSPS) is 15.0. The van der Waals surface area contributed by atoms with E-state index >= 15 is 0 Å². The van der Waals surface area contributed by atoms with Gasteiger partial charge >= 0.3 is 0 Å². The minimum Gasteiger partial charge on any atom is -0.447 e.